The first-order valence-electron chi connectivity index (χ1n) is 25.6. The molecule has 0 aromatic rings. The molecule has 358 valence electrons. The fraction of sp³-hybridized carbons (Fsp3) is 0.667. The summed E-state index contributed by atoms with van der Waals surface area (Å²) in [6.45, 7) is 5.63. The molecular weight excluding hydrogens is 781 g/mol. The van der Waals surface area contributed by atoms with Crippen molar-refractivity contribution in [1.29, 1.82) is 0 Å². The van der Waals surface area contributed by atoms with E-state index in [2.05, 4.69) is 118 Å². The Morgan fingerprint density at radius 1 is 0.429 bits per heavy atom. The third-order valence-corrected chi connectivity index (χ3v) is 11.3. The molecule has 2 N–H and O–H groups in total. The molecule has 6 nitrogen and oxygen atoms in total. The highest BCUT2D eigenvalue weighted by molar-refractivity contribution is 6.22. The molecule has 0 fully saturated rings. The van der Waals surface area contributed by atoms with Crippen molar-refractivity contribution < 1.29 is 29.3 Å². The number of hydrogen-bond donors (Lipinski definition) is 2. The van der Waals surface area contributed by atoms with Crippen LogP contribution in [-0.4, -0.2) is 47.1 Å². The largest absolute Gasteiger partial charge is 0.462 e. The standard InChI is InChI=1S/C57H94O6/c1-4-7-10-13-16-19-22-25-28-30-33-36-39-42-45-48-54(60)57(56(62)63-52-53(59)51-58,50-47-44-41-38-35-32-27-24-21-18-15-12-9-6-3)55(61)49-46-43-40-37-34-31-29-26-23-20-17-14-11-8-5-2/h16-21,25-29,32-34,36-37,53,58-59H,4-15,22-24,30-31,35,38-52H2,1-3H3. The Labute approximate surface area is 387 Å². The van der Waals surface area contributed by atoms with E-state index in [4.69, 9.17) is 4.74 Å². The van der Waals surface area contributed by atoms with Crippen molar-refractivity contribution in [2.24, 2.45) is 5.41 Å². The van der Waals surface area contributed by atoms with Gasteiger partial charge in [-0.1, -0.05) is 176 Å². The third-order valence-electron chi connectivity index (χ3n) is 11.3. The Morgan fingerprint density at radius 2 is 0.730 bits per heavy atom. The van der Waals surface area contributed by atoms with Crippen LogP contribution in [0, 0.1) is 5.41 Å². The van der Waals surface area contributed by atoms with E-state index in [0.717, 1.165) is 103 Å². The zero-order chi connectivity index (χ0) is 46.2. The fourth-order valence-electron chi connectivity index (χ4n) is 7.24. The van der Waals surface area contributed by atoms with E-state index in [1.165, 1.54) is 57.8 Å². The second-order valence-corrected chi connectivity index (χ2v) is 17.1. The lowest BCUT2D eigenvalue weighted by atomic mass is 9.72. The number of esters is 1. The predicted octanol–water partition coefficient (Wildman–Crippen LogP) is 15.6. The van der Waals surface area contributed by atoms with Gasteiger partial charge in [0.15, 0.2) is 17.0 Å². The lowest BCUT2D eigenvalue weighted by Gasteiger charge is -2.29. The van der Waals surface area contributed by atoms with Gasteiger partial charge in [0.2, 0.25) is 0 Å². The number of carbonyl (C=O) groups is 3. The van der Waals surface area contributed by atoms with Crippen molar-refractivity contribution in [3.05, 3.63) is 97.2 Å². The van der Waals surface area contributed by atoms with Gasteiger partial charge in [-0.2, -0.15) is 0 Å². The Bertz CT molecular complexity index is 1260. The topological polar surface area (TPSA) is 101 Å². The number of ketones is 2. The lowest BCUT2D eigenvalue weighted by Crippen LogP contribution is -2.48. The summed E-state index contributed by atoms with van der Waals surface area (Å²) in [6, 6.07) is 0. The zero-order valence-electron chi connectivity index (χ0n) is 40.7. The van der Waals surface area contributed by atoms with Crippen LogP contribution in [0.4, 0.5) is 0 Å². The summed E-state index contributed by atoms with van der Waals surface area (Å²) in [5, 5.41) is 19.4. The van der Waals surface area contributed by atoms with Gasteiger partial charge in [-0.05, 0) is 128 Å². The van der Waals surface area contributed by atoms with E-state index in [0.29, 0.717) is 19.3 Å². The first kappa shape index (κ1) is 59.6. The summed E-state index contributed by atoms with van der Waals surface area (Å²) in [5.74, 6) is -1.63. The van der Waals surface area contributed by atoms with E-state index in [9.17, 15) is 24.6 Å². The molecule has 63 heavy (non-hydrogen) atoms. The van der Waals surface area contributed by atoms with E-state index in [-0.39, 0.29) is 30.8 Å². The molecule has 0 aliphatic rings. The van der Waals surface area contributed by atoms with Gasteiger partial charge in [0.1, 0.15) is 12.7 Å². The van der Waals surface area contributed by atoms with E-state index in [1.807, 2.05) is 0 Å². The van der Waals surface area contributed by atoms with Crippen LogP contribution in [-0.2, 0) is 19.1 Å². The SMILES string of the molecule is CCCCCC=CCC=CCC=CCCCCC(=O)C(CCCCCCC=CCC=CCCCCC)(C(=O)CCCCC=CCC=CCC=CCCCCC)C(=O)OCC(O)CO. The monoisotopic (exact) mass is 875 g/mol. The molecule has 0 aliphatic heterocycles. The maximum atomic E-state index is 14.2. The first-order chi connectivity index (χ1) is 30.9. The molecule has 0 bridgehead atoms. The van der Waals surface area contributed by atoms with Gasteiger partial charge >= 0.3 is 5.97 Å². The van der Waals surface area contributed by atoms with Crippen LogP contribution >= 0.6 is 0 Å². The predicted molar refractivity (Wildman–Crippen MR) is 270 cm³/mol. The molecule has 1 atom stereocenters. The van der Waals surface area contributed by atoms with Crippen molar-refractivity contribution in [2.45, 2.75) is 226 Å². The van der Waals surface area contributed by atoms with Gasteiger partial charge in [0.25, 0.3) is 0 Å². The molecule has 0 saturated carbocycles. The molecule has 6 heteroatoms. The number of aliphatic hydroxyl groups excluding tert-OH is 2. The van der Waals surface area contributed by atoms with Crippen molar-refractivity contribution in [1.82, 2.24) is 0 Å². The second kappa shape index (κ2) is 46.6. The zero-order valence-corrected chi connectivity index (χ0v) is 40.7. The molecule has 0 rings (SSSR count). The number of allylic oxidation sites excluding steroid dienone is 16. The van der Waals surface area contributed by atoms with Crippen LogP contribution in [0.2, 0.25) is 0 Å². The van der Waals surface area contributed by atoms with Crippen molar-refractivity contribution >= 4 is 17.5 Å². The number of ether oxygens (including phenoxy) is 1. The summed E-state index contributed by atoms with van der Waals surface area (Å²) in [5.41, 5.74) is -1.89. The maximum Gasteiger partial charge on any atom is 0.327 e. The summed E-state index contributed by atoms with van der Waals surface area (Å²) in [7, 11) is 0. The van der Waals surface area contributed by atoms with Crippen molar-refractivity contribution in [3.63, 3.8) is 0 Å². The lowest BCUT2D eigenvalue weighted by molar-refractivity contribution is -0.168. The molecular formula is C57H94O6. The van der Waals surface area contributed by atoms with Crippen LogP contribution in [0.25, 0.3) is 0 Å². The van der Waals surface area contributed by atoms with Gasteiger partial charge in [0, 0.05) is 12.8 Å². The number of Topliss-reactive ketones (excluding diaryl/α,β-unsaturated/α-hetero) is 2. The van der Waals surface area contributed by atoms with Crippen molar-refractivity contribution in [3.8, 4) is 0 Å². The van der Waals surface area contributed by atoms with Crippen LogP contribution in [0.5, 0.6) is 0 Å². The minimum Gasteiger partial charge on any atom is -0.462 e. The highest BCUT2D eigenvalue weighted by Crippen LogP contribution is 2.34. The smallest absolute Gasteiger partial charge is 0.327 e. The summed E-state index contributed by atoms with van der Waals surface area (Å²) < 4.78 is 5.48. The number of unbranched alkanes of at least 4 members (excludes halogenated alkanes) is 17. The number of rotatable bonds is 45. The highest BCUT2D eigenvalue weighted by Gasteiger charge is 2.51. The summed E-state index contributed by atoms with van der Waals surface area (Å²) in [4.78, 5) is 42.4. The fourth-order valence-corrected chi connectivity index (χ4v) is 7.24. The summed E-state index contributed by atoms with van der Waals surface area (Å²) in [6.07, 6.45) is 62.2. The van der Waals surface area contributed by atoms with Gasteiger partial charge in [0.05, 0.1) is 6.61 Å². The first-order valence-corrected chi connectivity index (χ1v) is 25.6. The van der Waals surface area contributed by atoms with E-state index in [1.54, 1.807) is 0 Å². The Balaban J connectivity index is 5.46. The van der Waals surface area contributed by atoms with E-state index >= 15 is 0 Å². The second-order valence-electron chi connectivity index (χ2n) is 17.1. The van der Waals surface area contributed by atoms with Gasteiger partial charge in [-0.3, -0.25) is 14.4 Å². The quantitative estimate of drug-likeness (QED) is 0.0274. The molecule has 0 aromatic heterocycles. The average Bonchev–Trinajstić information content (AvgIpc) is 3.29. The third kappa shape index (κ3) is 35.7. The molecule has 0 radical (unpaired) electrons. The Kier molecular flexibility index (Phi) is 44.2. The van der Waals surface area contributed by atoms with Crippen LogP contribution < -0.4 is 0 Å². The van der Waals surface area contributed by atoms with Gasteiger partial charge in [-0.25, -0.2) is 0 Å². The molecule has 0 heterocycles. The van der Waals surface area contributed by atoms with Gasteiger partial charge in [-0.15, -0.1) is 0 Å². The van der Waals surface area contributed by atoms with E-state index < -0.39 is 30.7 Å². The molecule has 0 amide bonds. The maximum absolute atomic E-state index is 14.2. The minimum atomic E-state index is -1.89. The van der Waals surface area contributed by atoms with Crippen LogP contribution in [0.15, 0.2) is 97.2 Å². The highest BCUT2D eigenvalue weighted by atomic mass is 16.5. The average molecular weight is 875 g/mol. The minimum absolute atomic E-state index is 0.109. The normalized spacial score (nSPS) is 14.0. The van der Waals surface area contributed by atoms with Crippen LogP contribution in [0.3, 0.4) is 0 Å². The molecule has 0 spiro atoms. The van der Waals surface area contributed by atoms with Crippen molar-refractivity contribution in [2.75, 3.05) is 13.2 Å². The van der Waals surface area contributed by atoms with Gasteiger partial charge < -0.3 is 14.9 Å². The number of aliphatic hydroxyl groups is 2. The Hall–Kier alpha value is -3.35. The molecule has 1 unspecified atom stereocenters. The Morgan fingerprint density at radius 3 is 1.06 bits per heavy atom. The molecule has 0 aliphatic carbocycles. The van der Waals surface area contributed by atoms with Crippen LogP contribution in [0.1, 0.15) is 220 Å². The number of carbonyl (C=O) groups excluding carboxylic acids is 3. The molecule has 0 saturated heterocycles. The molecule has 0 aromatic carbocycles. The summed E-state index contributed by atoms with van der Waals surface area (Å²) >= 11 is 0. The number of hydrogen-bond acceptors (Lipinski definition) is 6.